The molecule has 0 spiro atoms. The average molecular weight is 2590 g/mol. The maximum Gasteiger partial charge on any atom is 0.123 e. The molecule has 16 heteroatoms. The number of fused-ring (bicyclic) bond motifs is 12. The molecule has 144 heavy (non-hydrogen) atoms. The Labute approximate surface area is 896 Å². The zero-order chi connectivity index (χ0) is 96.8. The van der Waals surface area contributed by atoms with Crippen LogP contribution in [0, 0.1) is 76.2 Å². The van der Waals surface area contributed by atoms with Gasteiger partial charge in [-0.2, -0.15) is 0 Å². The van der Waals surface area contributed by atoms with Gasteiger partial charge in [0.05, 0.1) is 22.3 Å². The van der Waals surface area contributed by atoms with Crippen molar-refractivity contribution < 1.29 is 98.1 Å². The minimum Gasteiger partial charge on any atom is -0.501 e. The van der Waals surface area contributed by atoms with Crippen LogP contribution in [0.25, 0.3) is 178 Å². The topological polar surface area (TPSA) is 156 Å². The minimum atomic E-state index is 0. The number of para-hydroxylation sites is 1. The van der Waals surface area contributed by atoms with Gasteiger partial charge in [0.2, 0.25) is 0 Å². The van der Waals surface area contributed by atoms with Crippen LogP contribution in [0.4, 0.5) is 0 Å². The van der Waals surface area contributed by atoms with E-state index >= 15 is 0 Å². The molecule has 0 saturated heterocycles. The molecular formula is C128H104Ir4N8O4-8. The fraction of sp³-hybridized carbons (Fsp3) is 0.125. The van der Waals surface area contributed by atoms with Gasteiger partial charge in [0, 0.05) is 152 Å². The third kappa shape index (κ3) is 26.2. The molecule has 0 aliphatic rings. The monoisotopic (exact) mass is 2590 g/mol. The van der Waals surface area contributed by atoms with Crippen LogP contribution >= 0.6 is 0 Å². The fourth-order valence-corrected chi connectivity index (χ4v) is 16.3. The van der Waals surface area contributed by atoms with Gasteiger partial charge in [0.15, 0.2) is 0 Å². The second-order valence-electron chi connectivity index (χ2n) is 35.2. The first-order valence-electron chi connectivity index (χ1n) is 47.1. The van der Waals surface area contributed by atoms with Gasteiger partial charge >= 0.3 is 0 Å². The van der Waals surface area contributed by atoms with Gasteiger partial charge in [0.25, 0.3) is 0 Å². The van der Waals surface area contributed by atoms with E-state index in [1.165, 1.54) is 44.3 Å². The third-order valence-corrected chi connectivity index (χ3v) is 24.0. The summed E-state index contributed by atoms with van der Waals surface area (Å²) in [6.07, 6.45) is 14.4. The van der Waals surface area contributed by atoms with Crippen LogP contribution < -0.4 is 0 Å². The Morgan fingerprint density at radius 3 is 0.847 bits per heavy atom. The number of hydrogen-bond donors (Lipinski definition) is 0. The zero-order valence-electron chi connectivity index (χ0n) is 81.8. The van der Waals surface area contributed by atoms with Crippen LogP contribution in [0.1, 0.15) is 124 Å². The summed E-state index contributed by atoms with van der Waals surface area (Å²) in [5.74, 6) is 2.22. The van der Waals surface area contributed by atoms with Crippen molar-refractivity contribution in [3.05, 3.63) is 482 Å². The summed E-state index contributed by atoms with van der Waals surface area (Å²) in [6.45, 7) is 25.8. The molecule has 0 atom stereocenters. The van der Waals surface area contributed by atoms with Crippen molar-refractivity contribution in [3.63, 3.8) is 0 Å². The Morgan fingerprint density at radius 2 is 0.500 bits per heavy atom. The Kier molecular flexibility index (Phi) is 38.3. The number of benzene rings is 12. The summed E-state index contributed by atoms with van der Waals surface area (Å²) in [6, 6.07) is 139. The van der Waals surface area contributed by atoms with Crippen molar-refractivity contribution in [3.8, 4) is 90.1 Å². The Morgan fingerprint density at radius 1 is 0.208 bits per heavy atom. The summed E-state index contributed by atoms with van der Waals surface area (Å²) >= 11 is 0. The zero-order valence-corrected chi connectivity index (χ0v) is 91.4. The van der Waals surface area contributed by atoms with Gasteiger partial charge in [0.1, 0.15) is 22.3 Å². The maximum atomic E-state index is 6.10. The number of nitrogens with zero attached hydrogens (tertiary/aromatic N) is 8. The second-order valence-corrected chi connectivity index (χ2v) is 35.2. The van der Waals surface area contributed by atoms with E-state index in [1.54, 1.807) is 49.6 Å². The van der Waals surface area contributed by atoms with Gasteiger partial charge in [-0.3, -0.25) is 0 Å². The van der Waals surface area contributed by atoms with Gasteiger partial charge < -0.3 is 57.5 Å². The molecule has 24 aromatic rings. The van der Waals surface area contributed by atoms with Gasteiger partial charge in [-0.25, -0.2) is 0 Å². The molecule has 0 N–H and O–H groups in total. The van der Waals surface area contributed by atoms with Crippen LogP contribution in [-0.2, 0) is 80.4 Å². The molecule has 0 fully saturated rings. The molecule has 0 aliphatic heterocycles. The first kappa shape index (κ1) is 107. The van der Waals surface area contributed by atoms with E-state index in [0.29, 0.717) is 23.7 Å². The Balaban J connectivity index is 0.000000138. The largest absolute Gasteiger partial charge is 0.501 e. The molecule has 12 nitrogen and oxygen atoms in total. The van der Waals surface area contributed by atoms with Crippen molar-refractivity contribution in [1.82, 2.24) is 39.9 Å². The van der Waals surface area contributed by atoms with E-state index in [4.69, 9.17) is 17.7 Å². The van der Waals surface area contributed by atoms with E-state index in [2.05, 4.69) is 305 Å². The van der Waals surface area contributed by atoms with E-state index < -0.39 is 0 Å². The number of furan rings is 4. The molecule has 12 aromatic heterocycles. The molecule has 0 unspecified atom stereocenters. The van der Waals surface area contributed by atoms with Crippen molar-refractivity contribution in [1.29, 1.82) is 0 Å². The minimum absolute atomic E-state index is 0. The van der Waals surface area contributed by atoms with Crippen LogP contribution in [0.3, 0.4) is 0 Å². The smallest absolute Gasteiger partial charge is 0.123 e. The molecule has 0 amide bonds. The number of hydrogen-bond acceptors (Lipinski definition) is 12. The van der Waals surface area contributed by atoms with Gasteiger partial charge in [-0.15, -0.1) is 214 Å². The summed E-state index contributed by atoms with van der Waals surface area (Å²) < 4.78 is 24.2. The summed E-state index contributed by atoms with van der Waals surface area (Å²) in [5.41, 5.74) is 32.5. The standard InChI is InChI=1S/4C18H12NO.4C14H14N.4Ir/c1-12-6-4-10-16-17(12)14-8-5-7-13(18(14)20-16)15-9-2-3-11-19-15;1-12-6-4-7-13-14-8-5-9-15(18(14)20-17(12)13)16-10-2-3-11-19-16;1-12-8-9-13-14-5-4-6-15(16-7-2-3-10-19-16)18(14)20-17(13)11-12;1-12-8-9-17-15(11-12)13-5-4-6-14(18(13)20-17)16-7-2-3-10-19-16;4*1-11(2)12-6-8-13(9-7-12)14-5-3-4-10-15-14;;;;/h2-6,8-11H,1H3;2-8,10-11H,1H3;2*2-5,7-11H,1H3;4*3-8,10-11H,1-2H3;;;;/q8*-1;;;;. The molecule has 0 saturated carbocycles. The number of pyridine rings is 8. The van der Waals surface area contributed by atoms with Crippen LogP contribution in [-0.4, -0.2) is 39.9 Å². The normalized spacial score (nSPS) is 10.7. The van der Waals surface area contributed by atoms with Crippen LogP contribution in [0.15, 0.2) is 407 Å². The number of aromatic nitrogens is 8. The number of aryl methyl sites for hydroxylation is 4. The molecule has 724 valence electrons. The predicted molar refractivity (Wildman–Crippen MR) is 572 cm³/mol. The molecular weight excluding hydrogens is 2480 g/mol. The number of rotatable bonds is 12. The van der Waals surface area contributed by atoms with E-state index in [0.717, 1.165) is 178 Å². The molecule has 0 bridgehead atoms. The van der Waals surface area contributed by atoms with E-state index in [1.807, 2.05) is 206 Å². The summed E-state index contributed by atoms with van der Waals surface area (Å²) in [5, 5.41) is 9.06. The maximum absolute atomic E-state index is 6.10. The average Bonchev–Trinajstić information content (AvgIpc) is 1.62. The van der Waals surface area contributed by atoms with Gasteiger partial charge in [-0.05, 0) is 163 Å². The first-order chi connectivity index (χ1) is 68.4. The van der Waals surface area contributed by atoms with Crippen molar-refractivity contribution in [2.24, 2.45) is 0 Å². The Bertz CT molecular complexity index is 7710. The van der Waals surface area contributed by atoms with Crippen molar-refractivity contribution >= 4 is 87.8 Å². The van der Waals surface area contributed by atoms with Crippen LogP contribution in [0.5, 0.6) is 0 Å². The van der Waals surface area contributed by atoms with Crippen molar-refractivity contribution in [2.75, 3.05) is 0 Å². The summed E-state index contributed by atoms with van der Waals surface area (Å²) in [4.78, 5) is 34.8. The van der Waals surface area contributed by atoms with Crippen LogP contribution in [0.2, 0.25) is 0 Å². The molecule has 12 heterocycles. The van der Waals surface area contributed by atoms with E-state index in [-0.39, 0.29) is 80.4 Å². The predicted octanol–water partition coefficient (Wildman–Crippen LogP) is 33.7. The third-order valence-electron chi connectivity index (χ3n) is 24.0. The van der Waals surface area contributed by atoms with E-state index in [9.17, 15) is 0 Å². The fourth-order valence-electron chi connectivity index (χ4n) is 16.3. The van der Waals surface area contributed by atoms with Crippen molar-refractivity contribution in [2.45, 2.75) is 107 Å². The second kappa shape index (κ2) is 51.5. The van der Waals surface area contributed by atoms with Gasteiger partial charge in [-0.1, -0.05) is 274 Å². The SMILES string of the molecule is CC(C)c1c[c-]c(-c2ccccn2)cc1.CC(C)c1c[c-]c(-c2ccccn2)cc1.CC(C)c1c[c-]c(-c2ccccn2)cc1.CC(C)c1c[c-]c(-c2ccccn2)cc1.Cc1ccc2c(c1)oc1c(-c3ccccn3)[c-]ccc12.Cc1ccc2oc3c(-c4ccccn4)[c-]ccc3c2c1.Cc1cccc2c1oc1c(-c3ccccn3)[c-]ccc12.Cc1cccc2oc3c(-c4ccccn4)[c-]ccc3c12.[Ir].[Ir].[Ir].[Ir]. The summed E-state index contributed by atoms with van der Waals surface area (Å²) in [7, 11) is 0. The molecule has 0 aliphatic carbocycles. The first-order valence-corrected chi connectivity index (χ1v) is 47.1. The molecule has 24 rings (SSSR count). The molecule has 12 aromatic carbocycles. The quantitative estimate of drug-likeness (QED) is 0.107. The molecule has 4 radical (unpaired) electrons. The Hall–Kier alpha value is -14.4.